The highest BCUT2D eigenvalue weighted by molar-refractivity contribution is 14.1. The average molecular weight is 425 g/mol. The van der Waals surface area contributed by atoms with Crippen molar-refractivity contribution >= 4 is 55.6 Å². The van der Waals surface area contributed by atoms with E-state index in [1.54, 1.807) is 6.07 Å². The van der Waals surface area contributed by atoms with E-state index in [2.05, 4.69) is 15.9 Å². The maximum Gasteiger partial charge on any atom is 0.169 e. The molecule has 1 aromatic heterocycles. The van der Waals surface area contributed by atoms with Crippen LogP contribution in [-0.4, -0.2) is 5.78 Å². The van der Waals surface area contributed by atoms with Crippen LogP contribution in [-0.2, 0) is 6.42 Å². The Hall–Kier alpha value is -0.270. The highest BCUT2D eigenvalue weighted by Crippen LogP contribution is 2.22. The van der Waals surface area contributed by atoms with Crippen LogP contribution in [0.25, 0.3) is 0 Å². The van der Waals surface area contributed by atoms with Crippen molar-refractivity contribution in [3.05, 3.63) is 53.9 Å². The standard InChI is InChI=1S/C12H7BrFIOS/c13-7-3-9(17-6-7)5-12(16)10-2-1-8(14)4-11(10)15/h1-4,6H,5H2. The number of halogens is 3. The number of carbonyl (C=O) groups excluding carboxylic acids is 1. The van der Waals surface area contributed by atoms with Crippen molar-refractivity contribution in [1.82, 2.24) is 0 Å². The molecule has 17 heavy (non-hydrogen) atoms. The Morgan fingerprint density at radius 2 is 2.18 bits per heavy atom. The summed E-state index contributed by atoms with van der Waals surface area (Å²) in [6.45, 7) is 0. The van der Waals surface area contributed by atoms with E-state index in [-0.39, 0.29) is 11.6 Å². The third kappa shape index (κ3) is 3.35. The molecule has 0 aliphatic heterocycles. The summed E-state index contributed by atoms with van der Waals surface area (Å²) in [7, 11) is 0. The van der Waals surface area contributed by atoms with Crippen LogP contribution in [0.5, 0.6) is 0 Å². The fourth-order valence-electron chi connectivity index (χ4n) is 1.42. The van der Waals surface area contributed by atoms with E-state index in [4.69, 9.17) is 0 Å². The zero-order valence-corrected chi connectivity index (χ0v) is 13.1. The van der Waals surface area contributed by atoms with Gasteiger partial charge in [0.05, 0.1) is 0 Å². The van der Waals surface area contributed by atoms with Gasteiger partial charge in [-0.3, -0.25) is 4.79 Å². The first-order valence-corrected chi connectivity index (χ1v) is 7.52. The number of hydrogen-bond donors (Lipinski definition) is 0. The molecule has 0 saturated carbocycles. The van der Waals surface area contributed by atoms with Gasteiger partial charge in [0.2, 0.25) is 0 Å². The van der Waals surface area contributed by atoms with E-state index in [1.807, 2.05) is 34.0 Å². The molecule has 0 spiro atoms. The Bertz CT molecular complexity index is 567. The highest BCUT2D eigenvalue weighted by Gasteiger charge is 2.12. The lowest BCUT2D eigenvalue weighted by atomic mass is 10.1. The first-order chi connectivity index (χ1) is 8.06. The lowest BCUT2D eigenvalue weighted by Crippen LogP contribution is -2.04. The molecular weight excluding hydrogens is 418 g/mol. The fraction of sp³-hybridized carbons (Fsp3) is 0.0833. The number of Topliss-reactive ketones (excluding diaryl/α,β-unsaturated/α-hetero) is 1. The van der Waals surface area contributed by atoms with Gasteiger partial charge in [0.1, 0.15) is 5.82 Å². The SMILES string of the molecule is O=C(Cc1cc(Br)cs1)c1ccc(F)cc1I. The third-order valence-electron chi connectivity index (χ3n) is 2.19. The molecule has 2 rings (SSSR count). The predicted molar refractivity (Wildman–Crippen MR) is 79.2 cm³/mol. The molecule has 1 nitrogen and oxygen atoms in total. The van der Waals surface area contributed by atoms with Gasteiger partial charge in [0.15, 0.2) is 5.78 Å². The minimum atomic E-state index is -0.315. The topological polar surface area (TPSA) is 17.1 Å². The fourth-order valence-corrected chi connectivity index (χ4v) is 3.64. The van der Waals surface area contributed by atoms with E-state index in [1.165, 1.54) is 23.5 Å². The number of ketones is 1. The summed E-state index contributed by atoms with van der Waals surface area (Å²) in [6.07, 6.45) is 0.359. The van der Waals surface area contributed by atoms with Crippen LogP contribution in [0.1, 0.15) is 15.2 Å². The molecule has 0 aliphatic carbocycles. The van der Waals surface area contributed by atoms with Crippen molar-refractivity contribution in [2.24, 2.45) is 0 Å². The summed E-state index contributed by atoms with van der Waals surface area (Å²) in [6, 6.07) is 6.17. The number of thiophene rings is 1. The zero-order valence-electron chi connectivity index (χ0n) is 8.54. The first-order valence-electron chi connectivity index (χ1n) is 4.77. The van der Waals surface area contributed by atoms with Crippen molar-refractivity contribution in [3.8, 4) is 0 Å². The molecule has 0 fully saturated rings. The third-order valence-corrected chi connectivity index (χ3v) is 4.78. The molecule has 0 saturated heterocycles. The molecule has 0 N–H and O–H groups in total. The van der Waals surface area contributed by atoms with Gasteiger partial charge in [0.25, 0.3) is 0 Å². The van der Waals surface area contributed by atoms with Crippen LogP contribution in [0, 0.1) is 9.39 Å². The molecule has 0 radical (unpaired) electrons. The number of carbonyl (C=O) groups is 1. The highest BCUT2D eigenvalue weighted by atomic mass is 127. The predicted octanol–water partition coefficient (Wildman–Crippen LogP) is 4.68. The number of rotatable bonds is 3. The summed E-state index contributed by atoms with van der Waals surface area (Å²) in [4.78, 5) is 13.0. The molecule has 88 valence electrons. The minimum absolute atomic E-state index is 0.0174. The maximum absolute atomic E-state index is 12.9. The van der Waals surface area contributed by atoms with Crippen molar-refractivity contribution in [2.75, 3.05) is 0 Å². The molecule has 0 amide bonds. The van der Waals surface area contributed by atoms with Crippen molar-refractivity contribution in [3.63, 3.8) is 0 Å². The first kappa shape index (κ1) is 13.2. The van der Waals surface area contributed by atoms with Gasteiger partial charge in [-0.1, -0.05) is 0 Å². The second-order valence-electron chi connectivity index (χ2n) is 3.46. The van der Waals surface area contributed by atoms with Gasteiger partial charge < -0.3 is 0 Å². The Morgan fingerprint density at radius 1 is 1.41 bits per heavy atom. The Labute approximate surface area is 124 Å². The van der Waals surface area contributed by atoms with Crippen molar-refractivity contribution in [1.29, 1.82) is 0 Å². The smallest absolute Gasteiger partial charge is 0.169 e. The second kappa shape index (κ2) is 5.58. The zero-order chi connectivity index (χ0) is 12.4. The van der Waals surface area contributed by atoms with Crippen LogP contribution in [0.3, 0.4) is 0 Å². The van der Waals surface area contributed by atoms with E-state index < -0.39 is 0 Å². The molecule has 1 heterocycles. The summed E-state index contributed by atoms with van der Waals surface area (Å²) in [5, 5.41) is 1.94. The van der Waals surface area contributed by atoms with Gasteiger partial charge in [0, 0.05) is 30.3 Å². The van der Waals surface area contributed by atoms with Gasteiger partial charge >= 0.3 is 0 Å². The van der Waals surface area contributed by atoms with E-state index in [9.17, 15) is 9.18 Å². The van der Waals surface area contributed by atoms with Crippen molar-refractivity contribution in [2.45, 2.75) is 6.42 Å². The van der Waals surface area contributed by atoms with Gasteiger partial charge in [-0.2, -0.15) is 0 Å². The quantitative estimate of drug-likeness (QED) is 0.516. The van der Waals surface area contributed by atoms with Crippen LogP contribution in [0.15, 0.2) is 34.1 Å². The summed E-state index contributed by atoms with van der Waals surface area (Å²) < 4.78 is 14.6. The minimum Gasteiger partial charge on any atom is -0.294 e. The summed E-state index contributed by atoms with van der Waals surface area (Å²) in [5.41, 5.74) is 0.580. The van der Waals surface area contributed by atoms with Crippen LogP contribution in [0.4, 0.5) is 4.39 Å². The Balaban J connectivity index is 2.20. The monoisotopic (exact) mass is 424 g/mol. The Kier molecular flexibility index (Phi) is 4.32. The van der Waals surface area contributed by atoms with Crippen LogP contribution < -0.4 is 0 Å². The van der Waals surface area contributed by atoms with Gasteiger partial charge in [-0.15, -0.1) is 11.3 Å². The Morgan fingerprint density at radius 3 is 2.76 bits per heavy atom. The normalized spacial score (nSPS) is 10.5. The van der Waals surface area contributed by atoms with Gasteiger partial charge in [-0.05, 0) is 62.8 Å². The molecule has 2 aromatic rings. The number of hydrogen-bond acceptors (Lipinski definition) is 2. The van der Waals surface area contributed by atoms with E-state index >= 15 is 0 Å². The maximum atomic E-state index is 12.9. The van der Waals surface area contributed by atoms with Crippen molar-refractivity contribution < 1.29 is 9.18 Å². The van der Waals surface area contributed by atoms with E-state index in [0.29, 0.717) is 15.6 Å². The number of benzene rings is 1. The molecule has 1 aromatic carbocycles. The average Bonchev–Trinajstić information content (AvgIpc) is 2.63. The molecule has 0 aliphatic rings. The molecule has 0 bridgehead atoms. The molecular formula is C12H7BrFIOS. The molecule has 0 unspecified atom stereocenters. The van der Waals surface area contributed by atoms with Gasteiger partial charge in [-0.25, -0.2) is 4.39 Å². The molecule has 0 atom stereocenters. The largest absolute Gasteiger partial charge is 0.294 e. The lowest BCUT2D eigenvalue weighted by molar-refractivity contribution is 0.0993. The van der Waals surface area contributed by atoms with E-state index in [0.717, 1.165) is 9.35 Å². The van der Waals surface area contributed by atoms with Crippen LogP contribution >= 0.6 is 49.9 Å². The van der Waals surface area contributed by atoms with Crippen LogP contribution in [0.2, 0.25) is 0 Å². The lowest BCUT2D eigenvalue weighted by Gasteiger charge is -2.02. The summed E-state index contributed by atoms with van der Waals surface area (Å²) >= 11 is 6.87. The second-order valence-corrected chi connectivity index (χ2v) is 6.53. The molecule has 5 heteroatoms. The summed E-state index contributed by atoms with van der Waals surface area (Å²) in [5.74, 6) is -0.298.